The monoisotopic (exact) mass is 389 g/mol. The second kappa shape index (κ2) is 8.17. The van der Waals surface area contributed by atoms with Crippen LogP contribution in [0.15, 0.2) is 48.5 Å². The van der Waals surface area contributed by atoms with E-state index in [1.165, 1.54) is 11.0 Å². The number of benzene rings is 2. The first-order chi connectivity index (χ1) is 12.6. The maximum absolute atomic E-state index is 13.6. The Morgan fingerprint density at radius 3 is 2.37 bits per heavy atom. The van der Waals surface area contributed by atoms with E-state index in [-0.39, 0.29) is 36.1 Å². The van der Waals surface area contributed by atoms with E-state index in [0.29, 0.717) is 30.8 Å². The van der Waals surface area contributed by atoms with Crippen molar-refractivity contribution in [1.82, 2.24) is 15.1 Å². The van der Waals surface area contributed by atoms with Crippen LogP contribution in [0.2, 0.25) is 0 Å². The van der Waals surface area contributed by atoms with Gasteiger partial charge in [0.25, 0.3) is 11.8 Å². The van der Waals surface area contributed by atoms with Crippen molar-refractivity contribution < 1.29 is 14.0 Å². The van der Waals surface area contributed by atoms with Crippen LogP contribution in [0.4, 0.5) is 4.39 Å². The van der Waals surface area contributed by atoms with Crippen molar-refractivity contribution in [2.24, 2.45) is 0 Å². The fourth-order valence-corrected chi connectivity index (χ4v) is 3.73. The van der Waals surface area contributed by atoms with Crippen molar-refractivity contribution in [2.45, 2.75) is 6.04 Å². The van der Waals surface area contributed by atoms with E-state index < -0.39 is 0 Å². The van der Waals surface area contributed by atoms with Gasteiger partial charge in [-0.1, -0.05) is 24.3 Å². The third kappa shape index (κ3) is 3.74. The topological polar surface area (TPSA) is 52.7 Å². The molecule has 2 aromatic carbocycles. The van der Waals surface area contributed by atoms with Gasteiger partial charge in [-0.05, 0) is 29.8 Å². The highest BCUT2D eigenvalue weighted by molar-refractivity contribution is 6.21. The molecule has 0 saturated carbocycles. The summed E-state index contributed by atoms with van der Waals surface area (Å²) in [6, 6.07) is 13.5. The van der Waals surface area contributed by atoms with E-state index in [1.807, 2.05) is 6.07 Å². The number of carbonyl (C=O) groups is 2. The summed E-state index contributed by atoms with van der Waals surface area (Å²) in [4.78, 5) is 28.5. The Hall–Kier alpha value is -2.28. The summed E-state index contributed by atoms with van der Waals surface area (Å²) in [6.07, 6.45) is 0. The summed E-state index contributed by atoms with van der Waals surface area (Å²) in [5.74, 6) is -0.723. The summed E-state index contributed by atoms with van der Waals surface area (Å²) in [7, 11) is 0. The Morgan fingerprint density at radius 2 is 1.70 bits per heavy atom. The normalized spacial score (nSPS) is 19.7. The average Bonchev–Trinajstić information content (AvgIpc) is 2.91. The van der Waals surface area contributed by atoms with Gasteiger partial charge in [-0.25, -0.2) is 4.39 Å². The zero-order chi connectivity index (χ0) is 18.1. The van der Waals surface area contributed by atoms with Crippen LogP contribution in [0.3, 0.4) is 0 Å². The van der Waals surface area contributed by atoms with Crippen LogP contribution in [0.25, 0.3) is 0 Å². The number of hydrogen-bond donors (Lipinski definition) is 1. The molecule has 2 heterocycles. The molecule has 2 aliphatic heterocycles. The molecule has 142 valence electrons. The minimum absolute atomic E-state index is 0. The third-order valence-corrected chi connectivity index (χ3v) is 5.08. The van der Waals surface area contributed by atoms with E-state index in [4.69, 9.17) is 0 Å². The molecule has 0 radical (unpaired) electrons. The summed E-state index contributed by atoms with van der Waals surface area (Å²) in [5.41, 5.74) is 1.85. The molecule has 0 aliphatic carbocycles. The van der Waals surface area contributed by atoms with Gasteiger partial charge in [0.05, 0.1) is 11.1 Å². The minimum atomic E-state index is -0.256. The van der Waals surface area contributed by atoms with Crippen molar-refractivity contribution in [3.8, 4) is 0 Å². The molecule has 0 aromatic heterocycles. The molecule has 1 saturated heterocycles. The van der Waals surface area contributed by atoms with Gasteiger partial charge in [0, 0.05) is 38.8 Å². The highest BCUT2D eigenvalue weighted by Crippen LogP contribution is 2.25. The highest BCUT2D eigenvalue weighted by atomic mass is 35.5. The number of piperazine rings is 1. The molecule has 4 rings (SSSR count). The number of rotatable bonds is 4. The fourth-order valence-electron chi connectivity index (χ4n) is 3.73. The lowest BCUT2D eigenvalue weighted by atomic mass is 10.0. The summed E-state index contributed by atoms with van der Waals surface area (Å²) in [5, 5.41) is 3.33. The van der Waals surface area contributed by atoms with Gasteiger partial charge in [-0.2, -0.15) is 0 Å². The van der Waals surface area contributed by atoms with Gasteiger partial charge in [-0.15, -0.1) is 12.4 Å². The smallest absolute Gasteiger partial charge is 0.261 e. The Kier molecular flexibility index (Phi) is 5.89. The molecule has 2 aliphatic rings. The van der Waals surface area contributed by atoms with Crippen molar-refractivity contribution in [3.63, 3.8) is 0 Å². The van der Waals surface area contributed by atoms with Crippen molar-refractivity contribution in [1.29, 1.82) is 0 Å². The number of amides is 2. The van der Waals surface area contributed by atoms with Gasteiger partial charge in [-0.3, -0.25) is 19.4 Å². The number of halogens is 2. The zero-order valence-electron chi connectivity index (χ0n) is 14.7. The second-order valence-corrected chi connectivity index (χ2v) is 6.62. The molecule has 0 spiro atoms. The van der Waals surface area contributed by atoms with Crippen LogP contribution in [-0.2, 0) is 0 Å². The molecular formula is C20H21ClFN3O2. The fraction of sp³-hybridized carbons (Fsp3) is 0.300. The van der Waals surface area contributed by atoms with Crippen LogP contribution in [0.5, 0.6) is 0 Å². The van der Waals surface area contributed by atoms with Crippen molar-refractivity contribution in [3.05, 3.63) is 71.0 Å². The second-order valence-electron chi connectivity index (χ2n) is 6.62. The van der Waals surface area contributed by atoms with Crippen molar-refractivity contribution >= 4 is 24.2 Å². The van der Waals surface area contributed by atoms with Gasteiger partial charge in [0.1, 0.15) is 5.82 Å². The first-order valence-electron chi connectivity index (χ1n) is 8.80. The van der Waals surface area contributed by atoms with Crippen LogP contribution >= 0.6 is 12.4 Å². The number of imide groups is 1. The predicted octanol–water partition coefficient (Wildman–Crippen LogP) is 2.49. The number of nitrogens with zero attached hydrogens (tertiary/aromatic N) is 2. The van der Waals surface area contributed by atoms with Crippen LogP contribution < -0.4 is 5.32 Å². The summed E-state index contributed by atoms with van der Waals surface area (Å²) in [6.45, 7) is 3.22. The van der Waals surface area contributed by atoms with E-state index in [2.05, 4.69) is 10.2 Å². The molecule has 1 N–H and O–H groups in total. The zero-order valence-corrected chi connectivity index (χ0v) is 15.5. The third-order valence-electron chi connectivity index (χ3n) is 5.08. The highest BCUT2D eigenvalue weighted by Gasteiger charge is 2.35. The van der Waals surface area contributed by atoms with Gasteiger partial charge in [0.15, 0.2) is 0 Å². The molecular weight excluding hydrogens is 369 g/mol. The van der Waals surface area contributed by atoms with Crippen LogP contribution in [0.1, 0.15) is 32.3 Å². The standard InChI is InChI=1S/C20H20FN3O2.ClH/c21-15-5-3-4-14(12-15)18-13-22-8-9-23(18)10-11-24-19(25)16-6-1-2-7-17(16)20(24)26;/h1-7,12,18,22H,8-11,13H2;1H. The van der Waals surface area contributed by atoms with Crippen LogP contribution in [-0.4, -0.2) is 54.3 Å². The minimum Gasteiger partial charge on any atom is -0.314 e. The molecule has 2 aromatic rings. The lowest BCUT2D eigenvalue weighted by Gasteiger charge is -2.37. The first-order valence-corrected chi connectivity index (χ1v) is 8.80. The Morgan fingerprint density at radius 1 is 1.00 bits per heavy atom. The van der Waals surface area contributed by atoms with Gasteiger partial charge >= 0.3 is 0 Å². The molecule has 1 fully saturated rings. The number of hydrogen-bond acceptors (Lipinski definition) is 4. The lowest BCUT2D eigenvalue weighted by molar-refractivity contribution is 0.0614. The Bertz CT molecular complexity index is 826. The first kappa shape index (κ1) is 19.5. The molecule has 1 atom stereocenters. The Balaban J connectivity index is 0.00000210. The maximum atomic E-state index is 13.6. The van der Waals surface area contributed by atoms with Gasteiger partial charge in [0.2, 0.25) is 0 Å². The quantitative estimate of drug-likeness (QED) is 0.816. The van der Waals surface area contributed by atoms with E-state index in [1.54, 1.807) is 36.4 Å². The molecule has 27 heavy (non-hydrogen) atoms. The predicted molar refractivity (Wildman–Crippen MR) is 103 cm³/mol. The largest absolute Gasteiger partial charge is 0.314 e. The molecule has 2 amide bonds. The maximum Gasteiger partial charge on any atom is 0.261 e. The van der Waals surface area contributed by atoms with Crippen LogP contribution in [0, 0.1) is 5.82 Å². The SMILES string of the molecule is Cl.O=C1c2ccccc2C(=O)N1CCN1CCNCC1c1cccc(F)c1. The summed E-state index contributed by atoms with van der Waals surface area (Å²) < 4.78 is 13.6. The number of nitrogens with one attached hydrogen (secondary N) is 1. The molecule has 0 bridgehead atoms. The van der Waals surface area contributed by atoms with Gasteiger partial charge < -0.3 is 5.32 Å². The molecule has 7 heteroatoms. The van der Waals surface area contributed by atoms with Crippen molar-refractivity contribution in [2.75, 3.05) is 32.7 Å². The number of fused-ring (bicyclic) bond motifs is 1. The van der Waals surface area contributed by atoms with E-state index >= 15 is 0 Å². The van der Waals surface area contributed by atoms with E-state index in [9.17, 15) is 14.0 Å². The molecule has 5 nitrogen and oxygen atoms in total. The summed E-state index contributed by atoms with van der Waals surface area (Å²) >= 11 is 0. The average molecular weight is 390 g/mol. The van der Waals surface area contributed by atoms with E-state index in [0.717, 1.165) is 18.7 Å². The molecule has 1 unspecified atom stereocenters. The lowest BCUT2D eigenvalue weighted by Crippen LogP contribution is -2.49. The number of carbonyl (C=O) groups excluding carboxylic acids is 2. The Labute approximate surface area is 163 Å².